The van der Waals surface area contributed by atoms with Gasteiger partial charge in [-0.1, -0.05) is 12.5 Å². The average Bonchev–Trinajstić information content (AvgIpc) is 2.97. The van der Waals surface area contributed by atoms with Crippen LogP contribution in [0.1, 0.15) is 43.5 Å². The summed E-state index contributed by atoms with van der Waals surface area (Å²) in [6.07, 6.45) is 7.57. The zero-order valence-corrected chi connectivity index (χ0v) is 14.2. The quantitative estimate of drug-likeness (QED) is 0.910. The second kappa shape index (κ2) is 6.20. The summed E-state index contributed by atoms with van der Waals surface area (Å²) < 4.78 is 2.06. The van der Waals surface area contributed by atoms with Gasteiger partial charge in [-0.2, -0.15) is 0 Å². The smallest absolute Gasteiger partial charge is 0.223 e. The number of aromatic nitrogens is 2. The van der Waals surface area contributed by atoms with Crippen LogP contribution in [0.15, 0.2) is 24.4 Å². The van der Waals surface area contributed by atoms with Crippen molar-refractivity contribution in [3.63, 3.8) is 0 Å². The Hall–Kier alpha value is -1.88. The first-order valence-electron chi connectivity index (χ1n) is 9.08. The normalized spacial score (nSPS) is 29.6. The Balaban J connectivity index is 1.40. The zero-order chi connectivity index (χ0) is 16.7. The molecule has 1 amide bonds. The highest BCUT2D eigenvalue weighted by Crippen LogP contribution is 2.41. The number of nitrogens with zero attached hydrogens (tertiary/aromatic N) is 2. The van der Waals surface area contributed by atoms with E-state index in [1.54, 1.807) is 0 Å². The minimum atomic E-state index is 0.124. The molecule has 2 atom stereocenters. The number of nitrogens with one attached hydrogen (secondary N) is 1. The zero-order valence-electron chi connectivity index (χ0n) is 14.2. The van der Waals surface area contributed by atoms with Crippen LogP contribution in [0.25, 0.3) is 5.65 Å². The molecule has 2 unspecified atom stereocenters. The summed E-state index contributed by atoms with van der Waals surface area (Å²) in [6, 6.07) is 6.36. The highest BCUT2D eigenvalue weighted by atomic mass is 16.1. The Morgan fingerprint density at radius 3 is 2.79 bits per heavy atom. The Kier molecular flexibility index (Phi) is 4.04. The lowest BCUT2D eigenvalue weighted by Gasteiger charge is -2.43. The Labute approximate surface area is 142 Å². The fourth-order valence-electron chi connectivity index (χ4n) is 4.61. The van der Waals surface area contributed by atoms with Crippen molar-refractivity contribution in [3.8, 4) is 0 Å². The lowest BCUT2D eigenvalue weighted by Crippen LogP contribution is -2.49. The summed E-state index contributed by atoms with van der Waals surface area (Å²) in [6.45, 7) is 2.55. The number of hydrogen-bond acceptors (Lipinski definition) is 3. The van der Waals surface area contributed by atoms with Crippen molar-refractivity contribution < 1.29 is 4.79 Å². The van der Waals surface area contributed by atoms with E-state index in [-0.39, 0.29) is 11.8 Å². The molecule has 0 radical (unpaired) electrons. The Bertz CT molecular complexity index is 739. The molecule has 2 aliphatic rings. The van der Waals surface area contributed by atoms with E-state index in [1.165, 1.54) is 19.3 Å². The van der Waals surface area contributed by atoms with Crippen molar-refractivity contribution in [2.45, 2.75) is 51.6 Å². The predicted molar refractivity (Wildman–Crippen MR) is 93.3 cm³/mol. The molecular formula is C19H26N4O. The first-order valence-corrected chi connectivity index (χ1v) is 9.08. The molecule has 2 fully saturated rings. The number of pyridine rings is 1. The topological polar surface area (TPSA) is 72.4 Å². The summed E-state index contributed by atoms with van der Waals surface area (Å²) in [4.78, 5) is 17.2. The van der Waals surface area contributed by atoms with E-state index in [9.17, 15) is 4.79 Å². The van der Waals surface area contributed by atoms with E-state index in [0.29, 0.717) is 24.4 Å². The molecule has 24 heavy (non-hydrogen) atoms. The number of imidazole rings is 1. The fraction of sp³-hybridized carbons (Fsp3) is 0.579. The molecule has 4 rings (SSSR count). The minimum absolute atomic E-state index is 0.124. The average molecular weight is 326 g/mol. The summed E-state index contributed by atoms with van der Waals surface area (Å²) in [5.74, 6) is 1.36. The number of carbonyl (C=O) groups is 1. The molecule has 5 nitrogen and oxygen atoms in total. The maximum Gasteiger partial charge on any atom is 0.223 e. The van der Waals surface area contributed by atoms with Gasteiger partial charge in [-0.3, -0.25) is 4.79 Å². The standard InChI is InChI=1S/C19H26N4O/c1-12-4-2-7-17-22-16(11-23(12)17)10-21-19(24)15-8-13-5-3-6-14(9-15)18(13)20/h2,4,7,11,13-15,18H,3,5-6,8-10,20H2,1H3,(H,21,24). The monoisotopic (exact) mass is 326 g/mol. The van der Waals surface area contributed by atoms with Crippen LogP contribution in [0.3, 0.4) is 0 Å². The van der Waals surface area contributed by atoms with Crippen molar-refractivity contribution in [3.05, 3.63) is 35.8 Å². The van der Waals surface area contributed by atoms with Crippen LogP contribution in [0.4, 0.5) is 0 Å². The van der Waals surface area contributed by atoms with Crippen molar-refractivity contribution in [2.24, 2.45) is 23.5 Å². The van der Waals surface area contributed by atoms with Gasteiger partial charge in [-0.05, 0) is 56.6 Å². The van der Waals surface area contributed by atoms with Crippen LogP contribution in [-0.2, 0) is 11.3 Å². The number of amides is 1. The van der Waals surface area contributed by atoms with Crippen molar-refractivity contribution >= 4 is 11.6 Å². The van der Waals surface area contributed by atoms with Crippen LogP contribution < -0.4 is 11.1 Å². The van der Waals surface area contributed by atoms with Gasteiger partial charge in [0, 0.05) is 23.9 Å². The maximum atomic E-state index is 12.6. The number of nitrogens with two attached hydrogens (primary N) is 1. The summed E-state index contributed by atoms with van der Waals surface area (Å²) >= 11 is 0. The molecule has 2 bridgehead atoms. The molecule has 2 aromatic rings. The molecule has 2 aliphatic carbocycles. The largest absolute Gasteiger partial charge is 0.350 e. The molecule has 0 aromatic carbocycles. The third-order valence-electron chi connectivity index (χ3n) is 5.97. The van der Waals surface area contributed by atoms with Gasteiger partial charge >= 0.3 is 0 Å². The van der Waals surface area contributed by atoms with E-state index in [0.717, 1.165) is 29.9 Å². The van der Waals surface area contributed by atoms with E-state index in [4.69, 9.17) is 5.73 Å². The molecule has 2 heterocycles. The van der Waals surface area contributed by atoms with Crippen LogP contribution in [0.2, 0.25) is 0 Å². The van der Waals surface area contributed by atoms with Gasteiger partial charge in [0.2, 0.25) is 5.91 Å². The maximum absolute atomic E-state index is 12.6. The second-order valence-corrected chi connectivity index (χ2v) is 7.54. The molecule has 5 heteroatoms. The van der Waals surface area contributed by atoms with Gasteiger partial charge in [0.15, 0.2) is 0 Å². The number of aryl methyl sites for hydroxylation is 1. The van der Waals surface area contributed by atoms with E-state index in [2.05, 4.69) is 27.7 Å². The van der Waals surface area contributed by atoms with Gasteiger partial charge in [0.25, 0.3) is 0 Å². The number of rotatable bonds is 3. The lowest BCUT2D eigenvalue weighted by molar-refractivity contribution is -0.128. The van der Waals surface area contributed by atoms with Crippen LogP contribution in [0.5, 0.6) is 0 Å². The fourth-order valence-corrected chi connectivity index (χ4v) is 4.61. The summed E-state index contributed by atoms with van der Waals surface area (Å²) in [7, 11) is 0. The summed E-state index contributed by atoms with van der Waals surface area (Å²) in [5.41, 5.74) is 9.31. The molecule has 2 saturated carbocycles. The van der Waals surface area contributed by atoms with Gasteiger partial charge in [0.05, 0.1) is 12.2 Å². The molecule has 0 spiro atoms. The Morgan fingerprint density at radius 2 is 2.08 bits per heavy atom. The van der Waals surface area contributed by atoms with Crippen molar-refractivity contribution in [1.82, 2.24) is 14.7 Å². The van der Waals surface area contributed by atoms with E-state index in [1.807, 2.05) is 18.3 Å². The van der Waals surface area contributed by atoms with Gasteiger partial charge in [-0.15, -0.1) is 0 Å². The van der Waals surface area contributed by atoms with Crippen molar-refractivity contribution in [2.75, 3.05) is 0 Å². The van der Waals surface area contributed by atoms with Gasteiger partial charge in [0.1, 0.15) is 5.65 Å². The lowest BCUT2D eigenvalue weighted by atomic mass is 9.65. The van der Waals surface area contributed by atoms with Gasteiger partial charge < -0.3 is 15.5 Å². The van der Waals surface area contributed by atoms with E-state index >= 15 is 0 Å². The second-order valence-electron chi connectivity index (χ2n) is 7.54. The highest BCUT2D eigenvalue weighted by molar-refractivity contribution is 5.78. The summed E-state index contributed by atoms with van der Waals surface area (Å²) in [5, 5.41) is 3.10. The molecule has 0 saturated heterocycles. The Morgan fingerprint density at radius 1 is 1.33 bits per heavy atom. The third-order valence-corrected chi connectivity index (χ3v) is 5.97. The molecular weight excluding hydrogens is 300 g/mol. The number of fused-ring (bicyclic) bond motifs is 3. The van der Waals surface area contributed by atoms with Crippen LogP contribution in [-0.4, -0.2) is 21.3 Å². The first kappa shape index (κ1) is 15.6. The van der Waals surface area contributed by atoms with Crippen LogP contribution in [0, 0.1) is 24.7 Å². The molecule has 3 N–H and O–H groups in total. The molecule has 0 aliphatic heterocycles. The first-order chi connectivity index (χ1) is 11.6. The third kappa shape index (κ3) is 2.81. The predicted octanol–water partition coefficient (Wildman–Crippen LogP) is 2.41. The van der Waals surface area contributed by atoms with E-state index < -0.39 is 0 Å². The molecule has 2 aromatic heterocycles. The SMILES string of the molecule is Cc1cccc2nc(CNC(=O)C3CC4CCCC(C3)C4N)cn12. The minimum Gasteiger partial charge on any atom is -0.350 e. The van der Waals surface area contributed by atoms with Gasteiger partial charge in [-0.25, -0.2) is 4.98 Å². The highest BCUT2D eigenvalue weighted by Gasteiger charge is 2.40. The number of hydrogen-bond donors (Lipinski definition) is 2. The number of carbonyl (C=O) groups excluding carboxylic acids is 1. The van der Waals surface area contributed by atoms with Crippen molar-refractivity contribution in [1.29, 1.82) is 0 Å². The molecule has 128 valence electrons. The van der Waals surface area contributed by atoms with Crippen LogP contribution >= 0.6 is 0 Å².